The van der Waals surface area contributed by atoms with E-state index < -0.39 is 0 Å². The molecular weight excluding hydrogens is 198 g/mol. The molecule has 1 saturated carbocycles. The third-order valence-electron chi connectivity index (χ3n) is 3.51. The summed E-state index contributed by atoms with van der Waals surface area (Å²) in [7, 11) is 0. The smallest absolute Gasteiger partial charge is 0.190 e. The Morgan fingerprint density at radius 2 is 2.06 bits per heavy atom. The van der Waals surface area contributed by atoms with E-state index in [0.717, 1.165) is 5.58 Å². The van der Waals surface area contributed by atoms with E-state index >= 15 is 0 Å². The van der Waals surface area contributed by atoms with Crippen LogP contribution in [-0.2, 0) is 0 Å². The maximum absolute atomic E-state index is 6.98. The molecule has 2 aromatic rings. The molecule has 1 aliphatic rings. The molecule has 0 atom stereocenters. The normalized spacial score (nSPS) is 16.7. The van der Waals surface area contributed by atoms with Crippen LogP contribution in [0.4, 0.5) is 5.69 Å². The van der Waals surface area contributed by atoms with Crippen molar-refractivity contribution in [3.63, 3.8) is 0 Å². The van der Waals surface area contributed by atoms with Gasteiger partial charge >= 0.3 is 0 Å². The highest BCUT2D eigenvalue weighted by molar-refractivity contribution is 5.84. The van der Waals surface area contributed by atoms with Gasteiger partial charge in [-0.3, -0.25) is 0 Å². The lowest BCUT2D eigenvalue weighted by atomic mass is 9.97. The Labute approximate surface area is 94.7 Å². The van der Waals surface area contributed by atoms with Crippen molar-refractivity contribution in [1.29, 1.82) is 0 Å². The van der Waals surface area contributed by atoms with Crippen LogP contribution >= 0.6 is 0 Å². The SMILES string of the molecule is [C-]#[N+]c1ccc2c(C3CCCC3)coc2c1. The molecule has 1 heterocycles. The summed E-state index contributed by atoms with van der Waals surface area (Å²) in [5, 5.41) is 1.19. The van der Waals surface area contributed by atoms with Gasteiger partial charge in [-0.1, -0.05) is 25.0 Å². The topological polar surface area (TPSA) is 17.5 Å². The first-order chi connectivity index (χ1) is 7.88. The molecule has 80 valence electrons. The van der Waals surface area contributed by atoms with Crippen molar-refractivity contribution in [3.05, 3.63) is 41.4 Å². The molecule has 0 bridgehead atoms. The quantitative estimate of drug-likeness (QED) is 0.628. The molecular formula is C14H13NO. The van der Waals surface area contributed by atoms with Crippen LogP contribution in [0, 0.1) is 6.57 Å². The maximum Gasteiger partial charge on any atom is 0.190 e. The van der Waals surface area contributed by atoms with Gasteiger partial charge in [0.2, 0.25) is 0 Å². The van der Waals surface area contributed by atoms with Crippen molar-refractivity contribution in [2.75, 3.05) is 0 Å². The minimum absolute atomic E-state index is 0.653. The number of fused-ring (bicyclic) bond motifs is 1. The standard InChI is InChI=1S/C14H13NO/c1-15-11-6-7-12-13(9-16-14(12)8-11)10-4-2-3-5-10/h6-10H,2-5H2. The van der Waals surface area contributed by atoms with Gasteiger partial charge in [0.05, 0.1) is 12.8 Å². The average molecular weight is 211 g/mol. The van der Waals surface area contributed by atoms with E-state index in [4.69, 9.17) is 11.0 Å². The lowest BCUT2D eigenvalue weighted by molar-refractivity contribution is 0.599. The molecule has 0 N–H and O–H groups in total. The summed E-state index contributed by atoms with van der Waals surface area (Å²) >= 11 is 0. The largest absolute Gasteiger partial charge is 0.465 e. The summed E-state index contributed by atoms with van der Waals surface area (Å²) in [6.45, 7) is 6.98. The van der Waals surface area contributed by atoms with Gasteiger partial charge in [-0.25, -0.2) is 4.85 Å². The number of benzene rings is 1. The van der Waals surface area contributed by atoms with Crippen molar-refractivity contribution in [1.82, 2.24) is 0 Å². The van der Waals surface area contributed by atoms with Gasteiger partial charge in [-0.2, -0.15) is 0 Å². The van der Waals surface area contributed by atoms with Gasteiger partial charge in [0.1, 0.15) is 5.58 Å². The Morgan fingerprint density at radius 3 is 2.81 bits per heavy atom. The van der Waals surface area contributed by atoms with Gasteiger partial charge in [-0.15, -0.1) is 0 Å². The summed E-state index contributed by atoms with van der Waals surface area (Å²) in [6.07, 6.45) is 7.10. The summed E-state index contributed by atoms with van der Waals surface area (Å²) in [4.78, 5) is 3.42. The molecule has 0 aliphatic heterocycles. The highest BCUT2D eigenvalue weighted by atomic mass is 16.3. The first-order valence-corrected chi connectivity index (χ1v) is 5.77. The molecule has 0 amide bonds. The van der Waals surface area contributed by atoms with Crippen molar-refractivity contribution >= 4 is 16.7 Å². The summed E-state index contributed by atoms with van der Waals surface area (Å²) in [6, 6.07) is 5.74. The molecule has 16 heavy (non-hydrogen) atoms. The molecule has 2 nitrogen and oxygen atoms in total. The zero-order chi connectivity index (χ0) is 11.0. The number of rotatable bonds is 1. The molecule has 3 rings (SSSR count). The van der Waals surface area contributed by atoms with E-state index in [1.165, 1.54) is 36.6 Å². The lowest BCUT2D eigenvalue weighted by Gasteiger charge is -2.05. The van der Waals surface area contributed by atoms with Crippen molar-refractivity contribution < 1.29 is 4.42 Å². The fourth-order valence-corrected chi connectivity index (χ4v) is 2.66. The van der Waals surface area contributed by atoms with E-state index in [1.807, 2.05) is 24.5 Å². The molecule has 0 unspecified atom stereocenters. The van der Waals surface area contributed by atoms with E-state index in [2.05, 4.69) is 4.85 Å². The van der Waals surface area contributed by atoms with Crippen LogP contribution < -0.4 is 0 Å². The van der Waals surface area contributed by atoms with Crippen LogP contribution in [0.2, 0.25) is 0 Å². The highest BCUT2D eigenvalue weighted by Gasteiger charge is 2.20. The zero-order valence-corrected chi connectivity index (χ0v) is 9.07. The van der Waals surface area contributed by atoms with Crippen LogP contribution in [0.3, 0.4) is 0 Å². The maximum atomic E-state index is 6.98. The van der Waals surface area contributed by atoms with Crippen molar-refractivity contribution in [2.45, 2.75) is 31.6 Å². The molecule has 0 spiro atoms. The molecule has 2 heteroatoms. The minimum Gasteiger partial charge on any atom is -0.465 e. The lowest BCUT2D eigenvalue weighted by Crippen LogP contribution is -1.89. The predicted octanol–water partition coefficient (Wildman–Crippen LogP) is 4.64. The van der Waals surface area contributed by atoms with E-state index in [1.54, 1.807) is 0 Å². The number of furan rings is 1. The summed E-state index contributed by atoms with van der Waals surface area (Å²) < 4.78 is 5.56. The summed E-state index contributed by atoms with van der Waals surface area (Å²) in [5.41, 5.74) is 2.85. The molecule has 0 saturated heterocycles. The third-order valence-corrected chi connectivity index (χ3v) is 3.51. The molecule has 1 aliphatic carbocycles. The Morgan fingerprint density at radius 1 is 1.25 bits per heavy atom. The second-order valence-electron chi connectivity index (χ2n) is 4.46. The fourth-order valence-electron chi connectivity index (χ4n) is 2.66. The van der Waals surface area contributed by atoms with Crippen molar-refractivity contribution in [2.24, 2.45) is 0 Å². The van der Waals surface area contributed by atoms with E-state index in [0.29, 0.717) is 11.6 Å². The average Bonchev–Trinajstić information content (AvgIpc) is 2.96. The van der Waals surface area contributed by atoms with E-state index in [9.17, 15) is 0 Å². The highest BCUT2D eigenvalue weighted by Crippen LogP contribution is 2.39. The monoisotopic (exact) mass is 211 g/mol. The van der Waals surface area contributed by atoms with Gasteiger partial charge in [-0.05, 0) is 24.8 Å². The van der Waals surface area contributed by atoms with Crippen LogP contribution in [0.5, 0.6) is 0 Å². The Balaban J connectivity index is 2.10. The Hall–Kier alpha value is -1.75. The van der Waals surface area contributed by atoms with Crippen LogP contribution in [0.15, 0.2) is 28.9 Å². The Kier molecular flexibility index (Phi) is 2.18. The number of nitrogens with zero attached hydrogens (tertiary/aromatic N) is 1. The van der Waals surface area contributed by atoms with Gasteiger partial charge < -0.3 is 4.42 Å². The molecule has 1 aromatic carbocycles. The third kappa shape index (κ3) is 1.40. The second kappa shape index (κ2) is 3.68. The first kappa shape index (κ1) is 9.47. The van der Waals surface area contributed by atoms with Crippen molar-refractivity contribution in [3.8, 4) is 0 Å². The van der Waals surface area contributed by atoms with Gasteiger partial charge in [0, 0.05) is 10.9 Å². The molecule has 1 fully saturated rings. The van der Waals surface area contributed by atoms with Gasteiger partial charge in [0.15, 0.2) is 5.69 Å². The van der Waals surface area contributed by atoms with E-state index in [-0.39, 0.29) is 0 Å². The Bertz CT molecular complexity index is 556. The summed E-state index contributed by atoms with van der Waals surface area (Å²) in [5.74, 6) is 0.667. The first-order valence-electron chi connectivity index (χ1n) is 5.77. The fraction of sp³-hybridized carbons (Fsp3) is 0.357. The number of hydrogen-bond donors (Lipinski definition) is 0. The van der Waals surface area contributed by atoms with Crippen LogP contribution in [0.1, 0.15) is 37.2 Å². The minimum atomic E-state index is 0.653. The van der Waals surface area contributed by atoms with Crippen LogP contribution in [0.25, 0.3) is 15.8 Å². The molecule has 0 radical (unpaired) electrons. The van der Waals surface area contributed by atoms with Gasteiger partial charge in [0.25, 0.3) is 0 Å². The number of hydrogen-bond acceptors (Lipinski definition) is 1. The predicted molar refractivity (Wildman–Crippen MR) is 63.7 cm³/mol. The second-order valence-corrected chi connectivity index (χ2v) is 4.46. The van der Waals surface area contributed by atoms with Crippen LogP contribution in [-0.4, -0.2) is 0 Å². The zero-order valence-electron chi connectivity index (χ0n) is 9.07. The molecule has 1 aromatic heterocycles.